The van der Waals surface area contributed by atoms with Gasteiger partial charge in [0.1, 0.15) is 23.8 Å². The highest BCUT2D eigenvalue weighted by atomic mass is 79.9. The van der Waals surface area contributed by atoms with E-state index in [1.807, 2.05) is 18.5 Å². The van der Waals surface area contributed by atoms with Crippen LogP contribution >= 0.6 is 15.9 Å². The number of aromatic nitrogens is 2. The molecule has 0 bridgehead atoms. The van der Waals surface area contributed by atoms with Crippen molar-refractivity contribution in [2.45, 2.75) is 70.4 Å². The molecule has 2 saturated carbocycles. The average molecular weight is 549 g/mol. The van der Waals surface area contributed by atoms with Crippen molar-refractivity contribution >= 4 is 37.7 Å². The van der Waals surface area contributed by atoms with Crippen LogP contribution in [0, 0.1) is 41.2 Å². The minimum Gasteiger partial charge on any atom is -0.343 e. The molecule has 0 saturated heterocycles. The van der Waals surface area contributed by atoms with Gasteiger partial charge in [-0.3, -0.25) is 0 Å². The molecule has 2 fully saturated rings. The van der Waals surface area contributed by atoms with Crippen LogP contribution in [0.1, 0.15) is 80.1 Å². The van der Waals surface area contributed by atoms with Gasteiger partial charge in [0.25, 0.3) is 0 Å². The van der Waals surface area contributed by atoms with Gasteiger partial charge in [0.05, 0.1) is 26.6 Å². The Hall–Kier alpha value is -3.16. The van der Waals surface area contributed by atoms with Gasteiger partial charge in [-0.25, -0.2) is 8.78 Å². The summed E-state index contributed by atoms with van der Waals surface area (Å²) in [7, 11) is 0. The first kappa shape index (κ1) is 24.5. The van der Waals surface area contributed by atoms with E-state index in [1.165, 1.54) is 37.8 Å². The van der Waals surface area contributed by atoms with Gasteiger partial charge in [0.2, 0.25) is 0 Å². The lowest BCUT2D eigenvalue weighted by Crippen LogP contribution is -2.02. The number of aryl methyl sites for hydroxylation is 1. The summed E-state index contributed by atoms with van der Waals surface area (Å²) in [4.78, 5) is 0. The number of hydrogen-bond acceptors (Lipinski definition) is 2. The topological polar surface area (TPSA) is 57.4 Å². The number of hydrogen-bond donors (Lipinski definition) is 0. The van der Waals surface area contributed by atoms with Gasteiger partial charge in [0.15, 0.2) is 0 Å². The molecule has 0 N–H and O–H groups in total. The van der Waals surface area contributed by atoms with Crippen LogP contribution in [0.2, 0.25) is 0 Å². The molecular weight excluding hydrogens is 522 g/mol. The van der Waals surface area contributed by atoms with E-state index in [4.69, 9.17) is 10.5 Å². The minimum atomic E-state index is -0.317. The molecule has 2 heterocycles. The molecule has 2 aliphatic carbocycles. The predicted octanol–water partition coefficient (Wildman–Crippen LogP) is 8.61. The van der Waals surface area contributed by atoms with Crippen molar-refractivity contribution in [3.05, 3.63) is 69.5 Å². The molecular formula is C29H27BrF2N4. The number of halogens is 3. The van der Waals surface area contributed by atoms with Crippen molar-refractivity contribution in [2.24, 2.45) is 0 Å². The maximum atomic E-state index is 13.6. The molecule has 0 radical (unpaired) electrons. The highest BCUT2D eigenvalue weighted by Crippen LogP contribution is 2.36. The molecule has 0 aliphatic heterocycles. The first-order valence-electron chi connectivity index (χ1n) is 12.5. The first-order valence-corrected chi connectivity index (χ1v) is 13.3. The molecule has 0 amide bonds. The first-order chi connectivity index (χ1) is 17.4. The Morgan fingerprint density at radius 1 is 0.750 bits per heavy atom. The fraction of sp³-hybridized carbons (Fsp3) is 0.379. The highest BCUT2D eigenvalue weighted by molar-refractivity contribution is 9.10. The third kappa shape index (κ3) is 4.42. The molecule has 0 spiro atoms. The van der Waals surface area contributed by atoms with Crippen molar-refractivity contribution in [1.29, 1.82) is 10.5 Å². The Kier molecular flexibility index (Phi) is 6.86. The van der Waals surface area contributed by atoms with E-state index in [1.54, 1.807) is 13.0 Å². The van der Waals surface area contributed by atoms with E-state index in [0.29, 0.717) is 38.6 Å². The molecule has 0 atom stereocenters. The monoisotopic (exact) mass is 548 g/mol. The Balaban J connectivity index is 0.000000148. The van der Waals surface area contributed by atoms with Gasteiger partial charge < -0.3 is 9.13 Å². The third-order valence-corrected chi connectivity index (χ3v) is 8.27. The fourth-order valence-electron chi connectivity index (χ4n) is 5.76. The van der Waals surface area contributed by atoms with Gasteiger partial charge in [-0.1, -0.05) is 25.7 Å². The van der Waals surface area contributed by atoms with Gasteiger partial charge in [-0.15, -0.1) is 0 Å². The summed E-state index contributed by atoms with van der Waals surface area (Å²) in [5.41, 5.74) is 3.73. The van der Waals surface area contributed by atoms with Gasteiger partial charge in [-0.05, 0) is 78.4 Å². The summed E-state index contributed by atoms with van der Waals surface area (Å²) in [5, 5.41) is 19.8. The zero-order valence-corrected chi connectivity index (χ0v) is 21.8. The van der Waals surface area contributed by atoms with Crippen molar-refractivity contribution in [1.82, 2.24) is 9.13 Å². The number of benzene rings is 2. The quantitative estimate of drug-likeness (QED) is 0.251. The number of rotatable bonds is 2. The standard InChI is InChI=1S/C15H15FN2.C14H12BrFN2/c1-10-6-15-13(7-14(10)16)11(8-17)9-18(15)12-4-2-3-5-12;15-12-6-14-11(5-13(12)16)9(7-17)8-18(14)10-3-1-2-4-10/h6-7,9,12H,2-5H2,1H3;5-6,8,10H,1-4H2. The molecule has 0 unspecified atom stereocenters. The second kappa shape index (κ2) is 10.1. The third-order valence-electron chi connectivity index (χ3n) is 7.67. The summed E-state index contributed by atoms with van der Waals surface area (Å²) in [6.07, 6.45) is 13.3. The number of fused-ring (bicyclic) bond motifs is 2. The van der Waals surface area contributed by atoms with Crippen molar-refractivity contribution in [2.75, 3.05) is 0 Å². The predicted molar refractivity (Wildman–Crippen MR) is 141 cm³/mol. The molecule has 2 aromatic heterocycles. The molecule has 7 heteroatoms. The van der Waals surface area contributed by atoms with Crippen molar-refractivity contribution in [3.63, 3.8) is 0 Å². The van der Waals surface area contributed by atoms with E-state index >= 15 is 0 Å². The zero-order valence-electron chi connectivity index (χ0n) is 20.2. The van der Waals surface area contributed by atoms with E-state index in [-0.39, 0.29) is 11.6 Å². The molecule has 2 aromatic carbocycles. The summed E-state index contributed by atoms with van der Waals surface area (Å²) in [6.45, 7) is 1.77. The highest BCUT2D eigenvalue weighted by Gasteiger charge is 2.22. The fourth-order valence-corrected chi connectivity index (χ4v) is 6.10. The number of nitriles is 2. The lowest BCUT2D eigenvalue weighted by Gasteiger charge is -2.13. The van der Waals surface area contributed by atoms with E-state index < -0.39 is 0 Å². The number of nitrogens with zero attached hydrogens (tertiary/aromatic N) is 4. The SMILES string of the molecule is Cc1cc2c(cc1F)c(C#N)cn2C1CCCC1.N#Cc1cn(C2CCCC2)c2cc(Br)c(F)cc12. The van der Waals surface area contributed by atoms with E-state index in [0.717, 1.165) is 42.1 Å². The van der Waals surface area contributed by atoms with Crippen molar-refractivity contribution < 1.29 is 8.78 Å². The van der Waals surface area contributed by atoms with Crippen LogP contribution < -0.4 is 0 Å². The smallest absolute Gasteiger partial charge is 0.138 e. The van der Waals surface area contributed by atoms with Crippen LogP contribution in [0.4, 0.5) is 8.78 Å². The molecule has 36 heavy (non-hydrogen) atoms. The van der Waals surface area contributed by atoms with Crippen molar-refractivity contribution in [3.8, 4) is 12.1 Å². The van der Waals surface area contributed by atoms with Crippen LogP contribution in [-0.4, -0.2) is 9.13 Å². The van der Waals surface area contributed by atoms with Gasteiger partial charge >= 0.3 is 0 Å². The van der Waals surface area contributed by atoms with Gasteiger partial charge in [0, 0.05) is 35.2 Å². The zero-order chi connectivity index (χ0) is 25.4. The van der Waals surface area contributed by atoms with Crippen LogP contribution in [0.3, 0.4) is 0 Å². The maximum absolute atomic E-state index is 13.6. The second-order valence-electron chi connectivity index (χ2n) is 9.90. The van der Waals surface area contributed by atoms with Crippen LogP contribution in [0.15, 0.2) is 41.1 Å². The maximum Gasteiger partial charge on any atom is 0.138 e. The minimum absolute atomic E-state index is 0.233. The van der Waals surface area contributed by atoms with Crippen LogP contribution in [0.25, 0.3) is 21.8 Å². The Labute approximate surface area is 217 Å². The largest absolute Gasteiger partial charge is 0.343 e. The van der Waals surface area contributed by atoms with E-state index in [9.17, 15) is 8.78 Å². The Morgan fingerprint density at radius 3 is 1.67 bits per heavy atom. The van der Waals surface area contributed by atoms with Gasteiger partial charge in [-0.2, -0.15) is 10.5 Å². The Morgan fingerprint density at radius 2 is 1.19 bits per heavy atom. The Bertz CT molecular complexity index is 1410. The normalized spacial score (nSPS) is 16.3. The van der Waals surface area contributed by atoms with E-state index in [2.05, 4.69) is 37.2 Å². The molecule has 4 nitrogen and oxygen atoms in total. The lowest BCUT2D eigenvalue weighted by atomic mass is 10.1. The summed E-state index contributed by atoms with van der Waals surface area (Å²) >= 11 is 3.22. The molecule has 2 aliphatic rings. The summed E-state index contributed by atoms with van der Waals surface area (Å²) in [6, 6.07) is 11.8. The summed E-state index contributed by atoms with van der Waals surface area (Å²) in [5.74, 6) is -0.550. The van der Waals surface area contributed by atoms with Crippen LogP contribution in [0.5, 0.6) is 0 Å². The van der Waals surface area contributed by atoms with Crippen LogP contribution in [-0.2, 0) is 0 Å². The molecule has 4 aromatic rings. The molecule has 6 rings (SSSR count). The molecule has 184 valence electrons. The average Bonchev–Trinajstić information content (AvgIpc) is 3.67. The lowest BCUT2D eigenvalue weighted by molar-refractivity contribution is 0.535. The summed E-state index contributed by atoms with van der Waals surface area (Å²) < 4.78 is 32.0. The second-order valence-corrected chi connectivity index (χ2v) is 10.8.